The van der Waals surface area contributed by atoms with Crippen LogP contribution in [0.5, 0.6) is 0 Å². The summed E-state index contributed by atoms with van der Waals surface area (Å²) in [6.07, 6.45) is 0.144. The van der Waals surface area contributed by atoms with E-state index in [0.717, 1.165) is 4.90 Å². The van der Waals surface area contributed by atoms with Crippen LogP contribution in [0.2, 0.25) is 0 Å². The number of ether oxygens (including phenoxy) is 1. The number of nitriles is 1. The molecule has 8 heteroatoms. The van der Waals surface area contributed by atoms with Crippen LogP contribution in [-0.2, 0) is 14.3 Å². The first-order chi connectivity index (χ1) is 11.5. The predicted octanol–water partition coefficient (Wildman–Crippen LogP) is 0.244. The van der Waals surface area contributed by atoms with Crippen molar-refractivity contribution >= 4 is 23.7 Å². The highest BCUT2D eigenvalue weighted by molar-refractivity contribution is 6.22. The number of benzene rings is 1. The molecule has 124 valence electrons. The minimum atomic E-state index is -1.15. The zero-order valence-electron chi connectivity index (χ0n) is 12.9. The van der Waals surface area contributed by atoms with Crippen molar-refractivity contribution in [2.45, 2.75) is 19.4 Å². The van der Waals surface area contributed by atoms with Crippen LogP contribution in [0.25, 0.3) is 0 Å². The lowest BCUT2D eigenvalue weighted by molar-refractivity contribution is -0.151. The number of rotatable bonds is 6. The number of hydrogen-bond donors (Lipinski definition) is 1. The third-order valence-electron chi connectivity index (χ3n) is 3.46. The normalized spacial score (nSPS) is 13.9. The number of hydrogen-bond acceptors (Lipinski definition) is 6. The highest BCUT2D eigenvalue weighted by Gasteiger charge is 2.41. The van der Waals surface area contributed by atoms with Gasteiger partial charge in [0.1, 0.15) is 6.04 Å². The molecule has 1 atom stereocenters. The van der Waals surface area contributed by atoms with Crippen molar-refractivity contribution in [2.75, 3.05) is 13.2 Å². The van der Waals surface area contributed by atoms with Crippen molar-refractivity contribution in [3.63, 3.8) is 0 Å². The average Bonchev–Trinajstić information content (AvgIpc) is 2.84. The van der Waals surface area contributed by atoms with Gasteiger partial charge >= 0.3 is 5.97 Å². The maximum absolute atomic E-state index is 12.3. The largest absolute Gasteiger partial charge is 0.454 e. The minimum Gasteiger partial charge on any atom is -0.454 e. The van der Waals surface area contributed by atoms with Gasteiger partial charge in [0, 0.05) is 6.54 Å². The molecule has 0 aromatic heterocycles. The fourth-order valence-corrected chi connectivity index (χ4v) is 2.23. The number of imide groups is 1. The van der Waals surface area contributed by atoms with Gasteiger partial charge in [-0.25, -0.2) is 4.79 Å². The molecule has 0 saturated carbocycles. The summed E-state index contributed by atoms with van der Waals surface area (Å²) in [6, 6.07) is 6.98. The molecular weight excluding hydrogens is 314 g/mol. The summed E-state index contributed by atoms with van der Waals surface area (Å²) in [6.45, 7) is 0.968. The second-order valence-corrected chi connectivity index (χ2v) is 5.07. The summed E-state index contributed by atoms with van der Waals surface area (Å²) < 4.78 is 4.82. The van der Waals surface area contributed by atoms with Crippen molar-refractivity contribution in [3.8, 4) is 6.07 Å². The molecule has 0 aliphatic carbocycles. The monoisotopic (exact) mass is 329 g/mol. The Labute approximate surface area is 138 Å². The smallest absolute Gasteiger partial charge is 0.329 e. The molecule has 24 heavy (non-hydrogen) atoms. The number of carbonyl (C=O) groups is 4. The van der Waals surface area contributed by atoms with E-state index in [-0.39, 0.29) is 24.1 Å². The quantitative estimate of drug-likeness (QED) is 0.454. The van der Waals surface area contributed by atoms with Crippen LogP contribution in [0.1, 0.15) is 34.1 Å². The van der Waals surface area contributed by atoms with Crippen molar-refractivity contribution in [1.29, 1.82) is 5.26 Å². The molecule has 0 radical (unpaired) electrons. The Bertz CT molecular complexity index is 702. The molecule has 1 aromatic rings. The first kappa shape index (κ1) is 17.1. The average molecular weight is 329 g/mol. The van der Waals surface area contributed by atoms with Gasteiger partial charge in [-0.15, -0.1) is 0 Å². The highest BCUT2D eigenvalue weighted by atomic mass is 16.5. The lowest BCUT2D eigenvalue weighted by Gasteiger charge is -2.20. The number of nitrogens with zero attached hydrogens (tertiary/aromatic N) is 2. The SMILES string of the molecule is C[C@@H](C(=O)OCC(=O)NCCC#N)N1C(=O)c2ccccc2C1=O. The fourth-order valence-electron chi connectivity index (χ4n) is 2.23. The van der Waals surface area contributed by atoms with Gasteiger partial charge in [0.2, 0.25) is 0 Å². The van der Waals surface area contributed by atoms with Gasteiger partial charge in [-0.2, -0.15) is 5.26 Å². The lowest BCUT2D eigenvalue weighted by atomic mass is 10.1. The van der Waals surface area contributed by atoms with Crippen LogP contribution in [-0.4, -0.2) is 47.8 Å². The van der Waals surface area contributed by atoms with Gasteiger partial charge < -0.3 is 10.1 Å². The molecule has 1 aliphatic rings. The van der Waals surface area contributed by atoms with Crippen LogP contribution in [0.3, 0.4) is 0 Å². The van der Waals surface area contributed by atoms with Gasteiger partial charge in [0.25, 0.3) is 17.7 Å². The molecule has 0 spiro atoms. The Morgan fingerprint density at radius 2 is 1.83 bits per heavy atom. The summed E-state index contributed by atoms with van der Waals surface area (Å²) >= 11 is 0. The zero-order chi connectivity index (χ0) is 17.7. The Hall–Kier alpha value is -3.21. The van der Waals surface area contributed by atoms with E-state index in [9.17, 15) is 19.2 Å². The van der Waals surface area contributed by atoms with Crippen LogP contribution < -0.4 is 5.32 Å². The molecular formula is C16H15N3O5. The van der Waals surface area contributed by atoms with E-state index in [0.29, 0.717) is 0 Å². The lowest BCUT2D eigenvalue weighted by Crippen LogP contribution is -2.44. The van der Waals surface area contributed by atoms with E-state index in [4.69, 9.17) is 10.00 Å². The third-order valence-corrected chi connectivity index (χ3v) is 3.46. The maximum Gasteiger partial charge on any atom is 0.329 e. The van der Waals surface area contributed by atoms with Crippen LogP contribution in [0, 0.1) is 11.3 Å². The number of fused-ring (bicyclic) bond motifs is 1. The molecule has 1 heterocycles. The van der Waals surface area contributed by atoms with Gasteiger partial charge in [-0.05, 0) is 19.1 Å². The number of amides is 3. The number of nitrogens with one attached hydrogen (secondary N) is 1. The summed E-state index contributed by atoms with van der Waals surface area (Å²) in [5.74, 6) is -2.56. The van der Waals surface area contributed by atoms with Crippen LogP contribution in [0.15, 0.2) is 24.3 Å². The molecule has 0 bridgehead atoms. The molecule has 1 aromatic carbocycles. The molecule has 1 N–H and O–H groups in total. The van der Waals surface area contributed by atoms with Crippen molar-refractivity contribution in [3.05, 3.63) is 35.4 Å². The Morgan fingerprint density at radius 3 is 2.38 bits per heavy atom. The summed E-state index contributed by atoms with van der Waals surface area (Å²) in [7, 11) is 0. The number of carbonyl (C=O) groups excluding carboxylic acids is 4. The van der Waals surface area contributed by atoms with Gasteiger partial charge in [-0.1, -0.05) is 12.1 Å². The highest BCUT2D eigenvalue weighted by Crippen LogP contribution is 2.24. The minimum absolute atomic E-state index is 0.144. The third kappa shape index (κ3) is 3.41. The van der Waals surface area contributed by atoms with Crippen molar-refractivity contribution in [1.82, 2.24) is 10.2 Å². The summed E-state index contributed by atoms with van der Waals surface area (Å²) in [4.78, 5) is 48.8. The Kier molecular flexibility index (Phi) is 5.27. The topological polar surface area (TPSA) is 117 Å². The van der Waals surface area contributed by atoms with Crippen LogP contribution in [0.4, 0.5) is 0 Å². The summed E-state index contributed by atoms with van der Waals surface area (Å²) in [5, 5.41) is 10.8. The second-order valence-electron chi connectivity index (χ2n) is 5.07. The molecule has 2 rings (SSSR count). The molecule has 0 fully saturated rings. The van der Waals surface area contributed by atoms with Crippen molar-refractivity contribution in [2.24, 2.45) is 0 Å². The first-order valence-electron chi connectivity index (χ1n) is 7.24. The fraction of sp³-hybridized carbons (Fsp3) is 0.312. The maximum atomic E-state index is 12.3. The van der Waals surface area contributed by atoms with E-state index in [1.807, 2.05) is 6.07 Å². The molecule has 8 nitrogen and oxygen atoms in total. The predicted molar refractivity (Wildman–Crippen MR) is 80.6 cm³/mol. The van der Waals surface area contributed by atoms with Crippen LogP contribution >= 0.6 is 0 Å². The Balaban J connectivity index is 1.95. The van der Waals surface area contributed by atoms with Gasteiger partial charge in [0.05, 0.1) is 23.6 Å². The standard InChI is InChI=1S/C16H15N3O5/c1-10(16(23)24-9-13(20)18-8-4-7-17)19-14(21)11-5-2-3-6-12(11)15(19)22/h2-3,5-6,10H,4,8-9H2,1H3,(H,18,20)/t10-/m0/s1. The molecule has 0 unspecified atom stereocenters. The summed E-state index contributed by atoms with van der Waals surface area (Å²) in [5.41, 5.74) is 0.466. The zero-order valence-corrected chi connectivity index (χ0v) is 12.9. The molecule has 0 saturated heterocycles. The molecule has 1 aliphatic heterocycles. The van der Waals surface area contributed by atoms with E-state index >= 15 is 0 Å². The van der Waals surface area contributed by atoms with E-state index in [2.05, 4.69) is 5.32 Å². The Morgan fingerprint density at radius 1 is 1.25 bits per heavy atom. The van der Waals surface area contributed by atoms with Crippen molar-refractivity contribution < 1.29 is 23.9 Å². The number of esters is 1. The molecule has 3 amide bonds. The van der Waals surface area contributed by atoms with E-state index in [1.165, 1.54) is 19.1 Å². The second kappa shape index (κ2) is 7.37. The van der Waals surface area contributed by atoms with E-state index in [1.54, 1.807) is 12.1 Å². The van der Waals surface area contributed by atoms with Gasteiger partial charge in [-0.3, -0.25) is 19.3 Å². The van der Waals surface area contributed by atoms with E-state index < -0.39 is 36.3 Å². The first-order valence-corrected chi connectivity index (χ1v) is 7.24. The van der Waals surface area contributed by atoms with Gasteiger partial charge in [0.15, 0.2) is 6.61 Å².